The van der Waals surface area contributed by atoms with Crippen LogP contribution in [-0.2, 0) is 9.59 Å². The van der Waals surface area contributed by atoms with E-state index in [1.165, 1.54) is 14.1 Å². The first-order valence-electron chi connectivity index (χ1n) is 18.2. The molecule has 2 heterocycles. The van der Waals surface area contributed by atoms with Crippen LogP contribution in [0.15, 0.2) is 60.9 Å². The number of amides is 4. The number of hydrogen-bond acceptors (Lipinski definition) is 6. The zero-order valence-electron chi connectivity index (χ0n) is 32.7. The van der Waals surface area contributed by atoms with E-state index in [1.54, 1.807) is 12.4 Å². The van der Waals surface area contributed by atoms with E-state index < -0.39 is 36.4 Å². The predicted octanol–water partition coefficient (Wildman–Crippen LogP) is 7.03. The predicted molar refractivity (Wildman–Crippen MR) is 207 cm³/mol. The fourth-order valence-electron chi connectivity index (χ4n) is 6.64. The Morgan fingerprint density at radius 1 is 0.537 bits per heavy atom. The second-order valence-electron chi connectivity index (χ2n) is 15.1. The highest BCUT2D eigenvalue weighted by molar-refractivity contribution is 5.86. The van der Waals surface area contributed by atoms with Gasteiger partial charge in [0.1, 0.15) is 23.7 Å². The molecule has 14 nitrogen and oxygen atoms in total. The number of imidazole rings is 2. The maximum absolute atomic E-state index is 13.2. The zero-order valence-corrected chi connectivity index (χ0v) is 32.7. The Hall–Kier alpha value is -5.66. The van der Waals surface area contributed by atoms with Crippen LogP contribution in [0.2, 0.25) is 0 Å². The van der Waals surface area contributed by atoms with Crippen molar-refractivity contribution in [3.05, 3.63) is 72.6 Å². The van der Waals surface area contributed by atoms with E-state index in [2.05, 4.69) is 30.6 Å². The molecule has 54 heavy (non-hydrogen) atoms. The molecule has 0 unspecified atom stereocenters. The van der Waals surface area contributed by atoms with Crippen molar-refractivity contribution in [1.29, 1.82) is 0 Å². The van der Waals surface area contributed by atoms with Gasteiger partial charge in [-0.1, -0.05) is 104 Å². The summed E-state index contributed by atoms with van der Waals surface area (Å²) in [6, 6.07) is 13.5. The van der Waals surface area contributed by atoms with Gasteiger partial charge in [-0.15, -0.1) is 0 Å². The largest absolute Gasteiger partial charge is 0.465 e. The number of rotatable bonds is 15. The lowest BCUT2D eigenvalue weighted by Crippen LogP contribution is -2.51. The Kier molecular flexibility index (Phi) is 13.3. The molecule has 4 atom stereocenters. The third kappa shape index (κ3) is 9.46. The molecule has 6 N–H and O–H groups in total. The van der Waals surface area contributed by atoms with Gasteiger partial charge in [0.2, 0.25) is 11.8 Å². The summed E-state index contributed by atoms with van der Waals surface area (Å²) in [7, 11) is 2.80. The number of nitrogens with one attached hydrogen (secondary N) is 4. The van der Waals surface area contributed by atoms with E-state index in [4.69, 9.17) is 0 Å². The van der Waals surface area contributed by atoms with E-state index in [-0.39, 0.29) is 35.5 Å². The lowest BCUT2D eigenvalue weighted by Gasteiger charge is -2.30. The van der Waals surface area contributed by atoms with Gasteiger partial charge in [0.25, 0.3) is 0 Å². The summed E-state index contributed by atoms with van der Waals surface area (Å²) in [5.74, 6) is -0.0392. The van der Waals surface area contributed by atoms with Gasteiger partial charge < -0.3 is 30.8 Å². The van der Waals surface area contributed by atoms with Crippen molar-refractivity contribution >= 4 is 24.0 Å². The summed E-state index contributed by atoms with van der Waals surface area (Å²) in [6.07, 6.45) is 1.13. The quantitative estimate of drug-likeness (QED) is 0.0746. The zero-order chi connectivity index (χ0) is 40.0. The topological polar surface area (TPSA) is 197 Å². The molecule has 0 radical (unpaired) electrons. The van der Waals surface area contributed by atoms with Gasteiger partial charge in [-0.3, -0.25) is 19.4 Å². The molecule has 0 bridgehead atoms. The lowest BCUT2D eigenvalue weighted by atomic mass is 9.99. The number of carbonyl (C=O) groups is 4. The number of hydrogen-bond donors (Lipinski definition) is 6. The van der Waals surface area contributed by atoms with Crippen LogP contribution in [0, 0.1) is 23.7 Å². The molecule has 4 rings (SSSR count). The van der Waals surface area contributed by atoms with Gasteiger partial charge in [0.05, 0.1) is 35.9 Å². The fourth-order valence-corrected chi connectivity index (χ4v) is 6.64. The van der Waals surface area contributed by atoms with Crippen LogP contribution in [0.3, 0.4) is 0 Å². The number of carbonyl (C=O) groups excluding carboxylic acids is 2. The monoisotopic (exact) mass is 742 g/mol. The van der Waals surface area contributed by atoms with Gasteiger partial charge in [0.15, 0.2) is 0 Å². The first kappa shape index (κ1) is 41.1. The maximum Gasteiger partial charge on any atom is 0.407 e. The molecule has 4 aromatic rings. The summed E-state index contributed by atoms with van der Waals surface area (Å²) < 4.78 is 0. The second kappa shape index (κ2) is 17.4. The molecule has 0 saturated carbocycles. The normalized spacial score (nSPS) is 13.8. The highest BCUT2D eigenvalue weighted by Crippen LogP contribution is 2.29. The van der Waals surface area contributed by atoms with Crippen molar-refractivity contribution in [3.63, 3.8) is 0 Å². The van der Waals surface area contributed by atoms with Crippen molar-refractivity contribution in [2.45, 2.75) is 79.6 Å². The van der Waals surface area contributed by atoms with E-state index in [9.17, 15) is 29.4 Å². The second-order valence-corrected chi connectivity index (χ2v) is 15.1. The Bertz CT molecular complexity index is 1760. The van der Waals surface area contributed by atoms with Crippen molar-refractivity contribution < 1.29 is 29.4 Å². The molecule has 0 aliphatic carbocycles. The Morgan fingerprint density at radius 3 is 1.09 bits per heavy atom. The van der Waals surface area contributed by atoms with Crippen LogP contribution in [0.5, 0.6) is 0 Å². The molecule has 4 amide bonds. The molecule has 14 heteroatoms. The maximum atomic E-state index is 13.2. The molecule has 0 aliphatic heterocycles. The van der Waals surface area contributed by atoms with Crippen LogP contribution in [-0.4, -0.2) is 90.1 Å². The summed E-state index contributed by atoms with van der Waals surface area (Å²) in [4.78, 5) is 67.7. The SMILES string of the molecule is CC(C)[C@H](NC(=O)[C@H](C(C)C)N(C)C(=O)O)c1ncc(-c2ccc(-c3ccc(-c4cnc([C@@H](NC(=O)[C@H](C(C)C)N(C)C(=O)O)C(C)C)[nH]4)cc3)cc2)[nH]1. The van der Waals surface area contributed by atoms with E-state index in [0.29, 0.717) is 11.6 Å². The number of aromatic nitrogens is 4. The molecule has 2 aromatic carbocycles. The average molecular weight is 743 g/mol. The lowest BCUT2D eigenvalue weighted by molar-refractivity contribution is -0.128. The van der Waals surface area contributed by atoms with Crippen LogP contribution >= 0.6 is 0 Å². The van der Waals surface area contributed by atoms with Crippen molar-refractivity contribution in [1.82, 2.24) is 40.4 Å². The van der Waals surface area contributed by atoms with E-state index in [0.717, 1.165) is 43.4 Å². The van der Waals surface area contributed by atoms with Crippen LogP contribution < -0.4 is 10.6 Å². The van der Waals surface area contributed by atoms with E-state index in [1.807, 2.05) is 104 Å². The third-order valence-electron chi connectivity index (χ3n) is 9.67. The molecule has 290 valence electrons. The summed E-state index contributed by atoms with van der Waals surface area (Å²) >= 11 is 0. The van der Waals surface area contributed by atoms with Gasteiger partial charge in [0, 0.05) is 14.1 Å². The third-order valence-corrected chi connectivity index (χ3v) is 9.67. The number of nitrogens with zero attached hydrogens (tertiary/aromatic N) is 4. The van der Waals surface area contributed by atoms with Gasteiger partial charge in [-0.05, 0) is 45.9 Å². The Labute approximate surface area is 316 Å². The first-order chi connectivity index (χ1) is 25.4. The van der Waals surface area contributed by atoms with Crippen molar-refractivity contribution in [2.24, 2.45) is 23.7 Å². The Morgan fingerprint density at radius 2 is 0.833 bits per heavy atom. The van der Waals surface area contributed by atoms with Crippen LogP contribution in [0.1, 0.15) is 79.1 Å². The highest BCUT2D eigenvalue weighted by atomic mass is 16.4. The van der Waals surface area contributed by atoms with E-state index >= 15 is 0 Å². The van der Waals surface area contributed by atoms with Crippen molar-refractivity contribution in [3.8, 4) is 33.6 Å². The van der Waals surface area contributed by atoms with Gasteiger partial charge in [-0.25, -0.2) is 19.6 Å². The van der Waals surface area contributed by atoms with Crippen molar-refractivity contribution in [2.75, 3.05) is 14.1 Å². The number of aromatic amines is 2. The standard InChI is InChI=1S/C40H54N8O6/c1-21(2)31(45-37(49)33(23(5)6)47(9)39(51)52)35-41-19-29(43-35)27-15-11-25(12-16-27)26-13-17-28(18-14-26)30-20-42-36(44-30)32(22(3)4)46-38(50)34(24(7)8)48(10)40(53)54/h11-24,31-34H,1-10H3,(H,41,43)(H,42,44)(H,45,49)(H,46,50)(H,51,52)(H,53,54)/t31-,32-,33-,34-/m0/s1. The summed E-state index contributed by atoms with van der Waals surface area (Å²) in [5.41, 5.74) is 5.43. The average Bonchev–Trinajstić information content (AvgIpc) is 3.80. The number of benzene rings is 2. The number of H-pyrrole nitrogens is 2. The first-order valence-corrected chi connectivity index (χ1v) is 18.2. The minimum absolute atomic E-state index is 0.0118. The van der Waals surface area contributed by atoms with Gasteiger partial charge >= 0.3 is 12.2 Å². The molecule has 0 fully saturated rings. The fraction of sp³-hybridized carbons (Fsp3) is 0.450. The molecule has 2 aromatic heterocycles. The number of likely N-dealkylation sites (N-methyl/N-ethyl adjacent to an activating group) is 2. The number of carboxylic acid groups (broad SMARTS) is 2. The van der Waals surface area contributed by atoms with Crippen LogP contribution in [0.25, 0.3) is 33.6 Å². The summed E-state index contributed by atoms with van der Waals surface area (Å²) in [6.45, 7) is 15.1. The minimum atomic E-state index is -1.17. The van der Waals surface area contributed by atoms with Crippen LogP contribution in [0.4, 0.5) is 9.59 Å². The highest BCUT2D eigenvalue weighted by Gasteiger charge is 2.34. The molecular weight excluding hydrogens is 688 g/mol. The Balaban J connectivity index is 1.46. The minimum Gasteiger partial charge on any atom is -0.465 e. The molecule has 0 saturated heterocycles. The molecule has 0 aliphatic rings. The van der Waals surface area contributed by atoms with Gasteiger partial charge in [-0.2, -0.15) is 0 Å². The smallest absolute Gasteiger partial charge is 0.407 e. The summed E-state index contributed by atoms with van der Waals surface area (Å²) in [5, 5.41) is 25.0. The molecular formula is C40H54N8O6. The molecule has 0 spiro atoms.